The van der Waals surface area contributed by atoms with Crippen molar-refractivity contribution in [3.8, 4) is 0 Å². The van der Waals surface area contributed by atoms with E-state index in [0.29, 0.717) is 12.3 Å². The number of likely N-dealkylation sites (tertiary alicyclic amines) is 1. The quantitative estimate of drug-likeness (QED) is 0.711. The van der Waals surface area contributed by atoms with Crippen LogP contribution in [-0.4, -0.2) is 48.2 Å². The number of aliphatic hydroxyl groups is 1. The van der Waals surface area contributed by atoms with Gasteiger partial charge in [0.2, 0.25) is 5.91 Å². The second-order valence-corrected chi connectivity index (χ2v) is 5.09. The van der Waals surface area contributed by atoms with E-state index in [1.165, 1.54) is 12.8 Å². The summed E-state index contributed by atoms with van der Waals surface area (Å²) in [6.45, 7) is 3.96. The Morgan fingerprint density at radius 2 is 2.00 bits per heavy atom. The van der Waals surface area contributed by atoms with Crippen LogP contribution in [-0.2, 0) is 4.79 Å². The van der Waals surface area contributed by atoms with Gasteiger partial charge >= 0.3 is 0 Å². The third kappa shape index (κ3) is 3.46. The molecule has 2 N–H and O–H groups in total. The van der Waals surface area contributed by atoms with E-state index in [-0.39, 0.29) is 12.0 Å². The molecule has 16 heavy (non-hydrogen) atoms. The number of hydrogen-bond donors (Lipinski definition) is 2. The fraction of sp³-hybridized carbons (Fsp3) is 0.917. The lowest BCUT2D eigenvalue weighted by atomic mass is 9.82. The molecular weight excluding hydrogens is 204 g/mol. The molecule has 1 heterocycles. The summed E-state index contributed by atoms with van der Waals surface area (Å²) in [6, 6.07) is 0. The topological polar surface area (TPSA) is 52.6 Å². The van der Waals surface area contributed by atoms with Crippen LogP contribution in [0.2, 0.25) is 0 Å². The minimum absolute atomic E-state index is 0.119. The van der Waals surface area contributed by atoms with Crippen molar-refractivity contribution in [1.29, 1.82) is 0 Å². The maximum absolute atomic E-state index is 11.5. The Balaban J connectivity index is 1.50. The molecule has 1 saturated heterocycles. The lowest BCUT2D eigenvalue weighted by molar-refractivity contribution is -0.122. The van der Waals surface area contributed by atoms with Gasteiger partial charge in [-0.05, 0) is 44.7 Å². The summed E-state index contributed by atoms with van der Waals surface area (Å²) in [7, 11) is 0. The molecule has 4 heteroatoms. The summed E-state index contributed by atoms with van der Waals surface area (Å²) in [4.78, 5) is 13.9. The molecule has 0 bridgehead atoms. The Morgan fingerprint density at radius 3 is 2.62 bits per heavy atom. The van der Waals surface area contributed by atoms with Gasteiger partial charge in [-0.15, -0.1) is 0 Å². The highest BCUT2D eigenvalue weighted by molar-refractivity contribution is 5.76. The molecule has 92 valence electrons. The second kappa shape index (κ2) is 5.64. The molecule has 1 saturated carbocycles. The average molecular weight is 226 g/mol. The summed E-state index contributed by atoms with van der Waals surface area (Å²) in [5, 5.41) is 12.1. The van der Waals surface area contributed by atoms with E-state index in [0.717, 1.165) is 39.0 Å². The molecule has 0 spiro atoms. The van der Waals surface area contributed by atoms with Crippen LogP contribution in [0, 0.1) is 5.92 Å². The maximum Gasteiger partial charge on any atom is 0.221 e. The van der Waals surface area contributed by atoms with Crippen LogP contribution in [0.25, 0.3) is 0 Å². The fourth-order valence-electron chi connectivity index (χ4n) is 2.48. The van der Waals surface area contributed by atoms with Crippen molar-refractivity contribution in [2.24, 2.45) is 5.92 Å². The summed E-state index contributed by atoms with van der Waals surface area (Å²) < 4.78 is 0. The number of aliphatic hydroxyl groups excluding tert-OH is 1. The first-order valence-corrected chi connectivity index (χ1v) is 6.41. The molecule has 2 aliphatic rings. The van der Waals surface area contributed by atoms with Crippen LogP contribution >= 0.6 is 0 Å². The van der Waals surface area contributed by atoms with Crippen LogP contribution in [0.15, 0.2) is 0 Å². The SMILES string of the molecule is O=C(CCN1CCCC1)NCC1CC(O)C1. The minimum Gasteiger partial charge on any atom is -0.393 e. The molecule has 1 aliphatic heterocycles. The predicted octanol–water partition coefficient (Wildman–Crippen LogP) is 0.359. The Hall–Kier alpha value is -0.610. The lowest BCUT2D eigenvalue weighted by Crippen LogP contribution is -2.39. The number of rotatable bonds is 5. The third-order valence-corrected chi connectivity index (χ3v) is 3.65. The van der Waals surface area contributed by atoms with Gasteiger partial charge in [-0.2, -0.15) is 0 Å². The van der Waals surface area contributed by atoms with Crippen LogP contribution in [0.3, 0.4) is 0 Å². The molecule has 2 fully saturated rings. The second-order valence-electron chi connectivity index (χ2n) is 5.09. The molecule has 0 aromatic heterocycles. The number of carbonyl (C=O) groups is 1. The van der Waals surface area contributed by atoms with Gasteiger partial charge in [0.15, 0.2) is 0 Å². The van der Waals surface area contributed by atoms with Gasteiger partial charge in [-0.3, -0.25) is 4.79 Å². The summed E-state index contributed by atoms with van der Waals surface area (Å²) in [5.41, 5.74) is 0. The highest BCUT2D eigenvalue weighted by atomic mass is 16.3. The van der Waals surface area contributed by atoms with Crippen LogP contribution in [0.4, 0.5) is 0 Å². The van der Waals surface area contributed by atoms with E-state index in [2.05, 4.69) is 10.2 Å². The highest BCUT2D eigenvalue weighted by Crippen LogP contribution is 2.26. The number of carbonyl (C=O) groups excluding carboxylic acids is 1. The molecule has 0 unspecified atom stereocenters. The van der Waals surface area contributed by atoms with Gasteiger partial charge in [0.1, 0.15) is 0 Å². The smallest absolute Gasteiger partial charge is 0.221 e. The van der Waals surface area contributed by atoms with Gasteiger partial charge in [0.25, 0.3) is 0 Å². The number of nitrogens with one attached hydrogen (secondary N) is 1. The van der Waals surface area contributed by atoms with Crippen molar-refractivity contribution < 1.29 is 9.90 Å². The first-order chi connectivity index (χ1) is 7.74. The van der Waals surface area contributed by atoms with Gasteiger partial charge in [-0.25, -0.2) is 0 Å². The maximum atomic E-state index is 11.5. The largest absolute Gasteiger partial charge is 0.393 e. The van der Waals surface area contributed by atoms with Crippen molar-refractivity contribution in [1.82, 2.24) is 10.2 Å². The standard InChI is InChI=1S/C12H22N2O2/c15-11-7-10(8-11)9-13-12(16)3-6-14-4-1-2-5-14/h10-11,15H,1-9H2,(H,13,16). The Morgan fingerprint density at radius 1 is 1.31 bits per heavy atom. The molecule has 1 amide bonds. The summed E-state index contributed by atoms with van der Waals surface area (Å²) in [5.74, 6) is 0.666. The summed E-state index contributed by atoms with van der Waals surface area (Å²) in [6.07, 6.45) is 4.77. The zero-order valence-corrected chi connectivity index (χ0v) is 9.82. The number of amides is 1. The van der Waals surface area contributed by atoms with Crippen molar-refractivity contribution in [2.45, 2.75) is 38.2 Å². The Kier molecular flexibility index (Phi) is 4.18. The van der Waals surface area contributed by atoms with E-state index in [1.54, 1.807) is 0 Å². The molecule has 2 rings (SSSR count). The normalized spacial score (nSPS) is 30.1. The zero-order chi connectivity index (χ0) is 11.4. The van der Waals surface area contributed by atoms with Crippen molar-refractivity contribution in [2.75, 3.05) is 26.2 Å². The fourth-order valence-corrected chi connectivity index (χ4v) is 2.48. The zero-order valence-electron chi connectivity index (χ0n) is 9.82. The number of nitrogens with zero attached hydrogens (tertiary/aromatic N) is 1. The van der Waals surface area contributed by atoms with Gasteiger partial charge < -0.3 is 15.3 Å². The van der Waals surface area contributed by atoms with Crippen LogP contribution in [0.1, 0.15) is 32.1 Å². The molecule has 4 nitrogen and oxygen atoms in total. The van der Waals surface area contributed by atoms with Gasteiger partial charge in [0, 0.05) is 19.5 Å². The first-order valence-electron chi connectivity index (χ1n) is 6.41. The van der Waals surface area contributed by atoms with E-state index in [4.69, 9.17) is 5.11 Å². The minimum atomic E-state index is -0.119. The average Bonchev–Trinajstić information content (AvgIpc) is 2.72. The number of hydrogen-bond acceptors (Lipinski definition) is 3. The molecule has 0 aromatic rings. The molecule has 0 atom stereocenters. The summed E-state index contributed by atoms with van der Waals surface area (Å²) >= 11 is 0. The monoisotopic (exact) mass is 226 g/mol. The van der Waals surface area contributed by atoms with Crippen molar-refractivity contribution >= 4 is 5.91 Å². The molecular formula is C12H22N2O2. The molecule has 0 aromatic carbocycles. The molecule has 0 radical (unpaired) electrons. The predicted molar refractivity (Wildman–Crippen MR) is 62.0 cm³/mol. The van der Waals surface area contributed by atoms with Gasteiger partial charge in [0.05, 0.1) is 6.10 Å². The van der Waals surface area contributed by atoms with Gasteiger partial charge in [-0.1, -0.05) is 0 Å². The first kappa shape index (κ1) is 11.9. The van der Waals surface area contributed by atoms with Crippen LogP contribution in [0.5, 0.6) is 0 Å². The van der Waals surface area contributed by atoms with Crippen LogP contribution < -0.4 is 5.32 Å². The Bertz CT molecular complexity index is 233. The van der Waals surface area contributed by atoms with E-state index in [9.17, 15) is 4.79 Å². The highest BCUT2D eigenvalue weighted by Gasteiger charge is 2.27. The van der Waals surface area contributed by atoms with E-state index < -0.39 is 0 Å². The third-order valence-electron chi connectivity index (χ3n) is 3.65. The Labute approximate surface area is 97.0 Å². The lowest BCUT2D eigenvalue weighted by Gasteiger charge is -2.31. The van der Waals surface area contributed by atoms with E-state index in [1.807, 2.05) is 0 Å². The molecule has 1 aliphatic carbocycles. The van der Waals surface area contributed by atoms with Crippen molar-refractivity contribution in [3.63, 3.8) is 0 Å². The van der Waals surface area contributed by atoms with Crippen molar-refractivity contribution in [3.05, 3.63) is 0 Å². The van der Waals surface area contributed by atoms with E-state index >= 15 is 0 Å².